The van der Waals surface area contributed by atoms with Crippen LogP contribution in [0.4, 0.5) is 10.1 Å². The summed E-state index contributed by atoms with van der Waals surface area (Å²) in [6.45, 7) is 3.97. The molecular formula is C16H14FNO2. The molecule has 0 aromatic heterocycles. The maximum absolute atomic E-state index is 12.8. The zero-order chi connectivity index (χ0) is 14.4. The second-order valence-corrected chi connectivity index (χ2v) is 4.09. The Balaban J connectivity index is 2.07. The van der Waals surface area contributed by atoms with Gasteiger partial charge in [0.25, 0.3) is 5.91 Å². The Morgan fingerprint density at radius 2 is 2.00 bits per heavy atom. The highest BCUT2D eigenvalue weighted by Gasteiger charge is 2.06. The average Bonchev–Trinajstić information content (AvgIpc) is 2.46. The molecule has 4 heteroatoms. The fourth-order valence-electron chi connectivity index (χ4n) is 1.62. The minimum Gasteiger partial charge on any atom is -0.489 e. The minimum absolute atomic E-state index is 0.300. The number of rotatable bonds is 5. The van der Waals surface area contributed by atoms with E-state index >= 15 is 0 Å². The molecule has 1 amide bonds. The van der Waals surface area contributed by atoms with Crippen molar-refractivity contribution in [3.05, 3.63) is 72.6 Å². The van der Waals surface area contributed by atoms with Gasteiger partial charge in [0.2, 0.25) is 0 Å². The van der Waals surface area contributed by atoms with E-state index in [9.17, 15) is 9.18 Å². The number of ether oxygens (including phenoxy) is 1. The summed E-state index contributed by atoms with van der Waals surface area (Å²) in [6.07, 6.45) is 1.64. The monoisotopic (exact) mass is 271 g/mol. The Morgan fingerprint density at radius 3 is 2.70 bits per heavy atom. The molecule has 0 saturated carbocycles. The molecule has 2 aromatic carbocycles. The van der Waals surface area contributed by atoms with Gasteiger partial charge in [0.15, 0.2) is 0 Å². The van der Waals surface area contributed by atoms with Crippen molar-refractivity contribution in [3.8, 4) is 5.75 Å². The largest absolute Gasteiger partial charge is 0.489 e. The van der Waals surface area contributed by atoms with E-state index in [0.717, 1.165) is 0 Å². The molecule has 0 spiro atoms. The van der Waals surface area contributed by atoms with Crippen molar-refractivity contribution in [3.63, 3.8) is 0 Å². The summed E-state index contributed by atoms with van der Waals surface area (Å²) in [4.78, 5) is 12.0. The number of anilines is 1. The Morgan fingerprint density at radius 1 is 1.25 bits per heavy atom. The van der Waals surface area contributed by atoms with Gasteiger partial charge in [0.1, 0.15) is 18.2 Å². The Hall–Kier alpha value is -2.62. The maximum atomic E-state index is 12.8. The van der Waals surface area contributed by atoms with Gasteiger partial charge in [-0.1, -0.05) is 18.7 Å². The summed E-state index contributed by atoms with van der Waals surface area (Å²) in [5, 5.41) is 2.73. The van der Waals surface area contributed by atoms with Gasteiger partial charge in [-0.05, 0) is 36.4 Å². The molecule has 0 atom stereocenters. The first-order valence-corrected chi connectivity index (χ1v) is 6.10. The minimum atomic E-state index is -0.374. The van der Waals surface area contributed by atoms with Crippen molar-refractivity contribution in [1.82, 2.24) is 0 Å². The first kappa shape index (κ1) is 13.8. The van der Waals surface area contributed by atoms with Gasteiger partial charge in [-0.25, -0.2) is 4.39 Å². The molecule has 0 saturated heterocycles. The van der Waals surface area contributed by atoms with Crippen LogP contribution in [0.1, 0.15) is 10.4 Å². The molecule has 102 valence electrons. The Labute approximate surface area is 116 Å². The van der Waals surface area contributed by atoms with Crippen LogP contribution in [-0.2, 0) is 0 Å². The van der Waals surface area contributed by atoms with Crippen LogP contribution >= 0.6 is 0 Å². The molecule has 3 nitrogen and oxygen atoms in total. The number of hydrogen-bond acceptors (Lipinski definition) is 2. The summed E-state index contributed by atoms with van der Waals surface area (Å²) in [5.41, 5.74) is 1.00. The lowest BCUT2D eigenvalue weighted by Gasteiger charge is -2.08. The average molecular weight is 271 g/mol. The third-order valence-corrected chi connectivity index (χ3v) is 2.57. The molecule has 0 aliphatic heterocycles. The van der Waals surface area contributed by atoms with Crippen LogP contribution in [0.25, 0.3) is 0 Å². The second kappa shape index (κ2) is 6.52. The first-order chi connectivity index (χ1) is 9.69. The molecule has 0 aliphatic rings. The van der Waals surface area contributed by atoms with Crippen molar-refractivity contribution in [2.45, 2.75) is 0 Å². The van der Waals surface area contributed by atoms with Gasteiger partial charge < -0.3 is 10.1 Å². The van der Waals surface area contributed by atoms with Crippen molar-refractivity contribution >= 4 is 11.6 Å². The van der Waals surface area contributed by atoms with Gasteiger partial charge in [-0.3, -0.25) is 4.79 Å². The summed E-state index contributed by atoms with van der Waals surface area (Å²) in [6, 6.07) is 12.4. The highest BCUT2D eigenvalue weighted by molar-refractivity contribution is 6.04. The van der Waals surface area contributed by atoms with E-state index in [4.69, 9.17) is 4.74 Å². The fraction of sp³-hybridized carbons (Fsp3) is 0.0625. The molecule has 0 heterocycles. The molecule has 0 radical (unpaired) electrons. The lowest BCUT2D eigenvalue weighted by Crippen LogP contribution is -2.11. The van der Waals surface area contributed by atoms with Gasteiger partial charge in [0, 0.05) is 17.3 Å². The number of hydrogen-bond donors (Lipinski definition) is 1. The van der Waals surface area contributed by atoms with Crippen LogP contribution in [0.5, 0.6) is 5.75 Å². The third kappa shape index (κ3) is 3.68. The molecule has 0 unspecified atom stereocenters. The summed E-state index contributed by atoms with van der Waals surface area (Å²) in [7, 11) is 0. The molecule has 2 rings (SSSR count). The summed E-state index contributed by atoms with van der Waals surface area (Å²) < 4.78 is 18.2. The smallest absolute Gasteiger partial charge is 0.255 e. The van der Waals surface area contributed by atoms with Crippen molar-refractivity contribution in [1.29, 1.82) is 0 Å². The SMILES string of the molecule is C=CCOc1cccc(NC(=O)c2ccc(F)cc2)c1. The van der Waals surface area contributed by atoms with Crippen molar-refractivity contribution < 1.29 is 13.9 Å². The van der Waals surface area contributed by atoms with Crippen LogP contribution in [0.15, 0.2) is 61.2 Å². The third-order valence-electron chi connectivity index (χ3n) is 2.57. The van der Waals surface area contributed by atoms with E-state index in [1.807, 2.05) is 0 Å². The first-order valence-electron chi connectivity index (χ1n) is 6.10. The van der Waals surface area contributed by atoms with E-state index < -0.39 is 0 Å². The highest BCUT2D eigenvalue weighted by Crippen LogP contribution is 2.18. The van der Waals surface area contributed by atoms with E-state index in [1.165, 1.54) is 24.3 Å². The standard InChI is InChI=1S/C16H14FNO2/c1-2-10-20-15-5-3-4-14(11-15)18-16(19)12-6-8-13(17)9-7-12/h2-9,11H,1,10H2,(H,18,19). The number of nitrogens with one attached hydrogen (secondary N) is 1. The Kier molecular flexibility index (Phi) is 4.50. The highest BCUT2D eigenvalue weighted by atomic mass is 19.1. The number of benzene rings is 2. The molecule has 0 aliphatic carbocycles. The summed E-state index contributed by atoms with van der Waals surface area (Å²) in [5.74, 6) is -0.0333. The normalized spacial score (nSPS) is 9.85. The number of carbonyl (C=O) groups is 1. The van der Waals surface area contributed by atoms with Gasteiger partial charge in [-0.2, -0.15) is 0 Å². The predicted octanol–water partition coefficient (Wildman–Crippen LogP) is 3.64. The maximum Gasteiger partial charge on any atom is 0.255 e. The zero-order valence-corrected chi connectivity index (χ0v) is 10.8. The predicted molar refractivity (Wildman–Crippen MR) is 76.5 cm³/mol. The topological polar surface area (TPSA) is 38.3 Å². The molecular weight excluding hydrogens is 257 g/mol. The van der Waals surface area contributed by atoms with Gasteiger partial charge >= 0.3 is 0 Å². The van der Waals surface area contributed by atoms with E-state index in [0.29, 0.717) is 23.6 Å². The number of amides is 1. The van der Waals surface area contributed by atoms with Crippen molar-refractivity contribution in [2.75, 3.05) is 11.9 Å². The molecule has 1 N–H and O–H groups in total. The quantitative estimate of drug-likeness (QED) is 0.843. The van der Waals surface area contributed by atoms with Gasteiger partial charge in [0.05, 0.1) is 0 Å². The van der Waals surface area contributed by atoms with Crippen LogP contribution in [-0.4, -0.2) is 12.5 Å². The summed E-state index contributed by atoms with van der Waals surface area (Å²) >= 11 is 0. The Bertz CT molecular complexity index is 608. The van der Waals surface area contributed by atoms with Crippen LogP contribution in [0.3, 0.4) is 0 Å². The molecule has 0 fully saturated rings. The van der Waals surface area contributed by atoms with Gasteiger partial charge in [-0.15, -0.1) is 0 Å². The fourth-order valence-corrected chi connectivity index (χ4v) is 1.62. The molecule has 20 heavy (non-hydrogen) atoms. The number of halogens is 1. The second-order valence-electron chi connectivity index (χ2n) is 4.09. The van der Waals surface area contributed by atoms with Crippen LogP contribution in [0, 0.1) is 5.82 Å². The number of carbonyl (C=O) groups excluding carboxylic acids is 1. The van der Waals surface area contributed by atoms with E-state index in [1.54, 1.807) is 30.3 Å². The lowest BCUT2D eigenvalue weighted by molar-refractivity contribution is 0.102. The lowest BCUT2D eigenvalue weighted by atomic mass is 10.2. The molecule has 0 bridgehead atoms. The van der Waals surface area contributed by atoms with Crippen molar-refractivity contribution in [2.24, 2.45) is 0 Å². The zero-order valence-electron chi connectivity index (χ0n) is 10.8. The van der Waals surface area contributed by atoms with Crippen LogP contribution in [0.2, 0.25) is 0 Å². The van der Waals surface area contributed by atoms with Crippen LogP contribution < -0.4 is 10.1 Å². The van der Waals surface area contributed by atoms with E-state index in [-0.39, 0.29) is 11.7 Å². The molecule has 2 aromatic rings. The van der Waals surface area contributed by atoms with E-state index in [2.05, 4.69) is 11.9 Å².